The summed E-state index contributed by atoms with van der Waals surface area (Å²) in [6, 6.07) is 0. The minimum absolute atomic E-state index is 0.120. The van der Waals surface area contributed by atoms with E-state index in [0.717, 1.165) is 19.3 Å². The van der Waals surface area contributed by atoms with Gasteiger partial charge in [-0.3, -0.25) is 4.79 Å². The van der Waals surface area contributed by atoms with Crippen molar-refractivity contribution in [2.75, 3.05) is 0 Å². The molecule has 0 heterocycles. The highest BCUT2D eigenvalue weighted by Crippen LogP contribution is 2.13. The molecule has 0 aromatic heterocycles. The number of carboxylic acid groups (broad SMARTS) is 1. The maximum atomic E-state index is 11.8. The minimum atomic E-state index is -1.14. The van der Waals surface area contributed by atoms with Gasteiger partial charge in [-0.05, 0) is 19.8 Å². The van der Waals surface area contributed by atoms with Crippen LogP contribution < -0.4 is 5.32 Å². The molecule has 2 atom stereocenters. The third-order valence-corrected chi connectivity index (χ3v) is 3.02. The molecule has 4 nitrogen and oxygen atoms in total. The Kier molecular flexibility index (Phi) is 6.08. The first-order valence-electron chi connectivity index (χ1n) is 5.92. The van der Waals surface area contributed by atoms with Crippen molar-refractivity contribution >= 4 is 11.9 Å². The topological polar surface area (TPSA) is 66.4 Å². The zero-order valence-corrected chi connectivity index (χ0v) is 10.7. The molecule has 2 N–H and O–H groups in total. The summed E-state index contributed by atoms with van der Waals surface area (Å²) in [5.74, 6) is -1.27. The normalized spacial score (nSPS) is 16.2. The van der Waals surface area contributed by atoms with Crippen LogP contribution in [0, 0.1) is 5.92 Å². The molecule has 0 radical (unpaired) electrons. The van der Waals surface area contributed by atoms with Crippen LogP contribution in [0.5, 0.6) is 0 Å². The molecular weight excluding hydrogens is 206 g/mol. The smallest absolute Gasteiger partial charge is 0.329 e. The monoisotopic (exact) mass is 229 g/mol. The number of nitrogens with one attached hydrogen (secondary N) is 1. The summed E-state index contributed by atoms with van der Waals surface area (Å²) in [6.07, 6.45) is 3.22. The Balaban J connectivity index is 4.36. The largest absolute Gasteiger partial charge is 0.480 e. The van der Waals surface area contributed by atoms with Gasteiger partial charge in [0.1, 0.15) is 5.54 Å². The summed E-state index contributed by atoms with van der Waals surface area (Å²) in [7, 11) is 0. The van der Waals surface area contributed by atoms with E-state index in [0.29, 0.717) is 6.42 Å². The fraction of sp³-hybridized carbons (Fsp3) is 0.833. The van der Waals surface area contributed by atoms with Crippen LogP contribution in [-0.4, -0.2) is 22.5 Å². The molecule has 0 aliphatic rings. The molecule has 1 amide bonds. The summed E-state index contributed by atoms with van der Waals surface area (Å²) in [6.45, 7) is 7.20. The lowest BCUT2D eigenvalue weighted by molar-refractivity contribution is -0.147. The van der Waals surface area contributed by atoms with Crippen molar-refractivity contribution in [2.24, 2.45) is 5.92 Å². The summed E-state index contributed by atoms with van der Waals surface area (Å²) in [5, 5.41) is 11.6. The number of hydrogen-bond acceptors (Lipinski definition) is 2. The first-order chi connectivity index (χ1) is 7.37. The number of unbranched alkanes of at least 4 members (excludes halogenated alkanes) is 1. The second-order valence-electron chi connectivity index (χ2n) is 4.52. The summed E-state index contributed by atoms with van der Waals surface area (Å²) in [4.78, 5) is 22.8. The number of rotatable bonds is 7. The van der Waals surface area contributed by atoms with Gasteiger partial charge in [0.15, 0.2) is 0 Å². The zero-order valence-electron chi connectivity index (χ0n) is 10.7. The highest BCUT2D eigenvalue weighted by atomic mass is 16.4. The summed E-state index contributed by atoms with van der Waals surface area (Å²) >= 11 is 0. The van der Waals surface area contributed by atoms with E-state index < -0.39 is 11.5 Å². The van der Waals surface area contributed by atoms with Crippen LogP contribution in [0.15, 0.2) is 0 Å². The lowest BCUT2D eigenvalue weighted by Crippen LogP contribution is -2.53. The van der Waals surface area contributed by atoms with Gasteiger partial charge in [-0.1, -0.05) is 33.6 Å². The molecule has 4 heteroatoms. The lowest BCUT2D eigenvalue weighted by Gasteiger charge is -2.26. The number of carbonyl (C=O) groups excluding carboxylic acids is 1. The Morgan fingerprint density at radius 2 is 1.94 bits per heavy atom. The van der Waals surface area contributed by atoms with Gasteiger partial charge in [0, 0.05) is 5.92 Å². The van der Waals surface area contributed by atoms with E-state index in [4.69, 9.17) is 5.11 Å². The second kappa shape index (κ2) is 6.51. The first kappa shape index (κ1) is 14.9. The third kappa shape index (κ3) is 4.21. The Bertz CT molecular complexity index is 253. The van der Waals surface area contributed by atoms with E-state index >= 15 is 0 Å². The van der Waals surface area contributed by atoms with Crippen molar-refractivity contribution in [3.63, 3.8) is 0 Å². The maximum Gasteiger partial charge on any atom is 0.329 e. The van der Waals surface area contributed by atoms with E-state index in [2.05, 4.69) is 12.2 Å². The molecule has 0 bridgehead atoms. The van der Waals surface area contributed by atoms with Gasteiger partial charge >= 0.3 is 5.97 Å². The van der Waals surface area contributed by atoms with Crippen LogP contribution >= 0.6 is 0 Å². The zero-order chi connectivity index (χ0) is 12.8. The van der Waals surface area contributed by atoms with Gasteiger partial charge in [0.05, 0.1) is 0 Å². The van der Waals surface area contributed by atoms with Crippen molar-refractivity contribution in [3.8, 4) is 0 Å². The molecule has 2 unspecified atom stereocenters. The molecule has 16 heavy (non-hydrogen) atoms. The number of amides is 1. The lowest BCUT2D eigenvalue weighted by atomic mass is 9.96. The van der Waals surface area contributed by atoms with Crippen LogP contribution in [0.1, 0.15) is 53.4 Å². The van der Waals surface area contributed by atoms with Gasteiger partial charge in [-0.25, -0.2) is 4.79 Å². The van der Waals surface area contributed by atoms with E-state index in [1.54, 1.807) is 13.8 Å². The molecule has 0 aliphatic heterocycles. The Morgan fingerprint density at radius 3 is 2.31 bits per heavy atom. The number of hydrogen-bond donors (Lipinski definition) is 2. The van der Waals surface area contributed by atoms with Crippen molar-refractivity contribution in [1.29, 1.82) is 0 Å². The number of carbonyl (C=O) groups is 2. The molecule has 0 fully saturated rings. The predicted molar refractivity (Wildman–Crippen MR) is 63.2 cm³/mol. The van der Waals surface area contributed by atoms with Gasteiger partial charge in [-0.15, -0.1) is 0 Å². The number of aliphatic carboxylic acids is 1. The van der Waals surface area contributed by atoms with E-state index in [1.807, 2.05) is 6.92 Å². The molecule has 0 aromatic carbocycles. The predicted octanol–water partition coefficient (Wildman–Crippen LogP) is 2.18. The van der Waals surface area contributed by atoms with Crippen LogP contribution in [0.2, 0.25) is 0 Å². The van der Waals surface area contributed by atoms with Crippen LogP contribution in [-0.2, 0) is 9.59 Å². The van der Waals surface area contributed by atoms with E-state index in [9.17, 15) is 9.59 Å². The van der Waals surface area contributed by atoms with Gasteiger partial charge in [0.2, 0.25) is 5.91 Å². The Labute approximate surface area is 97.4 Å². The Hall–Kier alpha value is -1.06. The number of carboxylic acids is 1. The molecule has 0 aliphatic carbocycles. The highest BCUT2D eigenvalue weighted by Gasteiger charge is 2.33. The van der Waals surface area contributed by atoms with Gasteiger partial charge in [-0.2, -0.15) is 0 Å². The molecule has 0 rings (SSSR count). The van der Waals surface area contributed by atoms with Crippen molar-refractivity contribution in [3.05, 3.63) is 0 Å². The molecule has 0 saturated carbocycles. The summed E-state index contributed by atoms with van der Waals surface area (Å²) < 4.78 is 0. The summed E-state index contributed by atoms with van der Waals surface area (Å²) in [5.41, 5.74) is -1.14. The fourth-order valence-corrected chi connectivity index (χ4v) is 1.33. The third-order valence-electron chi connectivity index (χ3n) is 3.02. The molecule has 0 aromatic rings. The maximum absolute atomic E-state index is 11.8. The quantitative estimate of drug-likeness (QED) is 0.703. The standard InChI is InChI=1S/C12H23NO3/c1-5-7-8-9(3)10(14)13-12(4,6-2)11(15)16/h9H,5-8H2,1-4H3,(H,13,14)(H,15,16). The van der Waals surface area contributed by atoms with Crippen molar-refractivity contribution < 1.29 is 14.7 Å². The van der Waals surface area contributed by atoms with Gasteiger partial charge < -0.3 is 10.4 Å². The SMILES string of the molecule is CCCCC(C)C(=O)NC(C)(CC)C(=O)O. The van der Waals surface area contributed by atoms with E-state index in [-0.39, 0.29) is 11.8 Å². The van der Waals surface area contributed by atoms with E-state index in [1.165, 1.54) is 0 Å². The van der Waals surface area contributed by atoms with Crippen LogP contribution in [0.4, 0.5) is 0 Å². The Morgan fingerprint density at radius 1 is 1.38 bits per heavy atom. The average molecular weight is 229 g/mol. The van der Waals surface area contributed by atoms with Crippen LogP contribution in [0.25, 0.3) is 0 Å². The van der Waals surface area contributed by atoms with Crippen LogP contribution in [0.3, 0.4) is 0 Å². The minimum Gasteiger partial charge on any atom is -0.480 e. The molecular formula is C12H23NO3. The fourth-order valence-electron chi connectivity index (χ4n) is 1.33. The first-order valence-corrected chi connectivity index (χ1v) is 5.92. The highest BCUT2D eigenvalue weighted by molar-refractivity contribution is 5.87. The van der Waals surface area contributed by atoms with Crippen molar-refractivity contribution in [1.82, 2.24) is 5.32 Å². The average Bonchev–Trinajstić information content (AvgIpc) is 2.25. The molecule has 94 valence electrons. The molecule has 0 saturated heterocycles. The van der Waals surface area contributed by atoms with Crippen molar-refractivity contribution in [2.45, 2.75) is 58.9 Å². The molecule has 0 spiro atoms. The van der Waals surface area contributed by atoms with Gasteiger partial charge in [0.25, 0.3) is 0 Å². The second-order valence-corrected chi connectivity index (χ2v) is 4.52.